The lowest BCUT2D eigenvalue weighted by atomic mass is 10.1. The smallest absolute Gasteiger partial charge is 0.257 e. The molecule has 1 atom stereocenters. The first-order valence-electron chi connectivity index (χ1n) is 7.70. The Kier molecular flexibility index (Phi) is 4.76. The lowest BCUT2D eigenvalue weighted by Crippen LogP contribution is -2.14. The van der Waals surface area contributed by atoms with E-state index in [4.69, 9.17) is 9.47 Å². The Morgan fingerprint density at radius 2 is 2.21 bits per heavy atom. The van der Waals surface area contributed by atoms with Gasteiger partial charge in [-0.2, -0.15) is 0 Å². The normalized spacial score (nSPS) is 15.6. The molecule has 0 bridgehead atoms. The number of carbonyl (C=O) groups is 1. The summed E-state index contributed by atoms with van der Waals surface area (Å²) in [7, 11) is 0. The van der Waals surface area contributed by atoms with Gasteiger partial charge in [0.2, 0.25) is 0 Å². The SMILES string of the molecule is CCOc1cc2c(cc1NC(=O)c1cc(F)ccc1Br)O[C@H](C)C2. The maximum Gasteiger partial charge on any atom is 0.257 e. The molecule has 24 heavy (non-hydrogen) atoms. The molecule has 4 nitrogen and oxygen atoms in total. The van der Waals surface area contributed by atoms with Gasteiger partial charge in [-0.15, -0.1) is 0 Å². The Morgan fingerprint density at radius 1 is 1.42 bits per heavy atom. The molecule has 6 heteroatoms. The molecular formula is C18H17BrFNO3. The highest BCUT2D eigenvalue weighted by molar-refractivity contribution is 9.10. The molecule has 1 amide bonds. The van der Waals surface area contributed by atoms with E-state index in [0.717, 1.165) is 17.7 Å². The van der Waals surface area contributed by atoms with Gasteiger partial charge in [0.15, 0.2) is 0 Å². The van der Waals surface area contributed by atoms with Crippen LogP contribution in [-0.4, -0.2) is 18.6 Å². The van der Waals surface area contributed by atoms with Crippen LogP contribution in [0, 0.1) is 5.82 Å². The summed E-state index contributed by atoms with van der Waals surface area (Å²) in [5.74, 6) is 0.419. The Morgan fingerprint density at radius 3 is 2.96 bits per heavy atom. The van der Waals surface area contributed by atoms with Crippen molar-refractivity contribution in [1.29, 1.82) is 0 Å². The van der Waals surface area contributed by atoms with Crippen LogP contribution < -0.4 is 14.8 Å². The highest BCUT2D eigenvalue weighted by Crippen LogP contribution is 2.38. The monoisotopic (exact) mass is 393 g/mol. The van der Waals surface area contributed by atoms with Crippen LogP contribution in [0.4, 0.5) is 10.1 Å². The average Bonchev–Trinajstić information content (AvgIpc) is 2.89. The Bertz CT molecular complexity index is 794. The molecule has 1 N–H and O–H groups in total. The number of nitrogens with one attached hydrogen (secondary N) is 1. The number of rotatable bonds is 4. The Labute approximate surface area is 148 Å². The van der Waals surface area contributed by atoms with Gasteiger partial charge in [0, 0.05) is 22.5 Å². The van der Waals surface area contributed by atoms with E-state index in [-0.39, 0.29) is 11.7 Å². The van der Waals surface area contributed by atoms with Crippen LogP contribution >= 0.6 is 15.9 Å². The third kappa shape index (κ3) is 3.38. The molecule has 2 aromatic rings. The van der Waals surface area contributed by atoms with Crippen LogP contribution in [0.15, 0.2) is 34.8 Å². The Balaban J connectivity index is 1.92. The van der Waals surface area contributed by atoms with Crippen LogP contribution in [0.1, 0.15) is 29.8 Å². The molecule has 0 saturated heterocycles. The lowest BCUT2D eigenvalue weighted by Gasteiger charge is -2.14. The number of ether oxygens (including phenoxy) is 2. The van der Waals surface area contributed by atoms with Crippen molar-refractivity contribution in [2.24, 2.45) is 0 Å². The zero-order valence-electron chi connectivity index (χ0n) is 13.4. The van der Waals surface area contributed by atoms with Crippen LogP contribution in [0.2, 0.25) is 0 Å². The van der Waals surface area contributed by atoms with Crippen molar-refractivity contribution in [2.75, 3.05) is 11.9 Å². The van der Waals surface area contributed by atoms with Crippen molar-refractivity contribution in [2.45, 2.75) is 26.4 Å². The summed E-state index contributed by atoms with van der Waals surface area (Å²) in [6.45, 7) is 4.34. The molecule has 0 fully saturated rings. The van der Waals surface area contributed by atoms with Crippen LogP contribution in [0.3, 0.4) is 0 Å². The standard InChI is InChI=1S/C18H17BrFNO3/c1-3-23-17-7-11-6-10(2)24-16(11)9-15(17)21-18(22)13-8-12(20)4-5-14(13)19/h4-5,7-10H,3,6H2,1-2H3,(H,21,22)/t10-/m1/s1. The van der Waals surface area contributed by atoms with Gasteiger partial charge >= 0.3 is 0 Å². The van der Waals surface area contributed by atoms with Crippen molar-refractivity contribution in [3.8, 4) is 11.5 Å². The number of fused-ring (bicyclic) bond motifs is 1. The highest BCUT2D eigenvalue weighted by Gasteiger charge is 2.23. The van der Waals surface area contributed by atoms with E-state index >= 15 is 0 Å². The van der Waals surface area contributed by atoms with Crippen molar-refractivity contribution in [1.82, 2.24) is 0 Å². The summed E-state index contributed by atoms with van der Waals surface area (Å²) < 4.78 is 25.3. The molecule has 3 rings (SSSR count). The van der Waals surface area contributed by atoms with Gasteiger partial charge in [-0.1, -0.05) is 0 Å². The summed E-state index contributed by atoms with van der Waals surface area (Å²) in [6.07, 6.45) is 0.900. The number of hydrogen-bond acceptors (Lipinski definition) is 3. The molecule has 2 aromatic carbocycles. The predicted molar refractivity (Wildman–Crippen MR) is 93.5 cm³/mol. The predicted octanol–water partition coefficient (Wildman–Crippen LogP) is 4.56. The number of anilines is 1. The fraction of sp³-hybridized carbons (Fsp3) is 0.278. The van der Waals surface area contributed by atoms with Crippen molar-refractivity contribution in [3.05, 3.63) is 51.7 Å². The van der Waals surface area contributed by atoms with Crippen LogP contribution in [0.5, 0.6) is 11.5 Å². The van der Waals surface area contributed by atoms with E-state index < -0.39 is 11.7 Å². The average molecular weight is 394 g/mol. The van der Waals surface area contributed by atoms with Gasteiger partial charge in [0.25, 0.3) is 5.91 Å². The molecule has 1 aliphatic rings. The number of carbonyl (C=O) groups excluding carboxylic acids is 1. The second kappa shape index (κ2) is 6.81. The number of amides is 1. The van der Waals surface area contributed by atoms with Gasteiger partial charge in [-0.05, 0) is 54.0 Å². The molecule has 0 radical (unpaired) electrons. The molecular weight excluding hydrogens is 377 g/mol. The Hall–Kier alpha value is -2.08. The summed E-state index contributed by atoms with van der Waals surface area (Å²) >= 11 is 3.27. The molecule has 0 unspecified atom stereocenters. The first kappa shape index (κ1) is 16.8. The van der Waals surface area contributed by atoms with Crippen LogP contribution in [-0.2, 0) is 6.42 Å². The topological polar surface area (TPSA) is 47.6 Å². The minimum Gasteiger partial charge on any atom is -0.492 e. The minimum atomic E-state index is -0.473. The fourth-order valence-electron chi connectivity index (χ4n) is 2.67. The summed E-state index contributed by atoms with van der Waals surface area (Å²) in [6, 6.07) is 7.62. The van der Waals surface area contributed by atoms with E-state index in [1.807, 2.05) is 19.9 Å². The van der Waals surface area contributed by atoms with Gasteiger partial charge in [-0.3, -0.25) is 4.79 Å². The number of hydrogen-bond donors (Lipinski definition) is 1. The number of benzene rings is 2. The minimum absolute atomic E-state index is 0.0952. The van der Waals surface area contributed by atoms with E-state index in [9.17, 15) is 9.18 Å². The maximum absolute atomic E-state index is 13.4. The fourth-order valence-corrected chi connectivity index (χ4v) is 3.10. The molecule has 126 valence electrons. The largest absolute Gasteiger partial charge is 0.492 e. The summed E-state index contributed by atoms with van der Waals surface area (Å²) in [5.41, 5.74) is 1.77. The molecule has 1 aliphatic heterocycles. The summed E-state index contributed by atoms with van der Waals surface area (Å²) in [4.78, 5) is 12.5. The second-order valence-electron chi connectivity index (χ2n) is 5.60. The van der Waals surface area contributed by atoms with E-state index in [1.165, 1.54) is 18.2 Å². The first-order valence-corrected chi connectivity index (χ1v) is 8.50. The van der Waals surface area contributed by atoms with Crippen molar-refractivity contribution < 1.29 is 18.7 Å². The quantitative estimate of drug-likeness (QED) is 0.827. The van der Waals surface area contributed by atoms with Gasteiger partial charge in [0.05, 0.1) is 17.9 Å². The number of halogens is 2. The zero-order chi connectivity index (χ0) is 17.3. The molecule has 0 spiro atoms. The van der Waals surface area contributed by atoms with Gasteiger partial charge in [-0.25, -0.2) is 4.39 Å². The van der Waals surface area contributed by atoms with Gasteiger partial charge in [0.1, 0.15) is 23.4 Å². The second-order valence-corrected chi connectivity index (χ2v) is 6.45. The first-order chi connectivity index (χ1) is 11.5. The third-order valence-electron chi connectivity index (χ3n) is 3.72. The van der Waals surface area contributed by atoms with Gasteiger partial charge < -0.3 is 14.8 Å². The lowest BCUT2D eigenvalue weighted by molar-refractivity contribution is 0.102. The van der Waals surface area contributed by atoms with E-state index in [1.54, 1.807) is 6.07 Å². The van der Waals surface area contributed by atoms with E-state index in [2.05, 4.69) is 21.2 Å². The molecule has 0 saturated carbocycles. The molecule has 0 aliphatic carbocycles. The van der Waals surface area contributed by atoms with E-state index in [0.29, 0.717) is 22.5 Å². The van der Waals surface area contributed by atoms with Crippen molar-refractivity contribution >= 4 is 27.5 Å². The third-order valence-corrected chi connectivity index (χ3v) is 4.41. The van der Waals surface area contributed by atoms with Crippen LogP contribution in [0.25, 0.3) is 0 Å². The maximum atomic E-state index is 13.4. The molecule has 0 aromatic heterocycles. The van der Waals surface area contributed by atoms with Crippen molar-refractivity contribution in [3.63, 3.8) is 0 Å². The highest BCUT2D eigenvalue weighted by atomic mass is 79.9. The zero-order valence-corrected chi connectivity index (χ0v) is 14.9. The summed E-state index contributed by atoms with van der Waals surface area (Å²) in [5, 5.41) is 2.78. The molecule has 1 heterocycles.